The lowest BCUT2D eigenvalue weighted by Gasteiger charge is -2.26. The van der Waals surface area contributed by atoms with Crippen molar-refractivity contribution in [2.45, 2.75) is 58.7 Å². The largest absolute Gasteiger partial charge is 0.393 e. The molecule has 0 amide bonds. The molecule has 0 saturated heterocycles. The Morgan fingerprint density at radius 3 is 2.11 bits per heavy atom. The summed E-state index contributed by atoms with van der Waals surface area (Å²) in [4.78, 5) is 0. The standard InChI is InChI=1S/C16H27NO/c1-12(2)10-16(15-8-6-5-7-9-15)17-13(3)11-14(4)18/h5-9,12-14,16-18H,10-11H2,1-4H3. The first kappa shape index (κ1) is 15.2. The zero-order valence-corrected chi connectivity index (χ0v) is 12.1. The van der Waals surface area contributed by atoms with Crippen molar-refractivity contribution >= 4 is 0 Å². The lowest BCUT2D eigenvalue weighted by atomic mass is 9.96. The monoisotopic (exact) mass is 249 g/mol. The predicted molar refractivity (Wildman–Crippen MR) is 77.5 cm³/mol. The van der Waals surface area contributed by atoms with Crippen LogP contribution in [0.3, 0.4) is 0 Å². The molecule has 0 aliphatic rings. The van der Waals surface area contributed by atoms with Crippen molar-refractivity contribution in [2.24, 2.45) is 5.92 Å². The van der Waals surface area contributed by atoms with Gasteiger partial charge in [-0.05, 0) is 38.2 Å². The van der Waals surface area contributed by atoms with Gasteiger partial charge in [-0.1, -0.05) is 44.2 Å². The smallest absolute Gasteiger partial charge is 0.0526 e. The van der Waals surface area contributed by atoms with Gasteiger partial charge in [-0.25, -0.2) is 0 Å². The maximum absolute atomic E-state index is 9.45. The maximum atomic E-state index is 9.45. The fourth-order valence-corrected chi connectivity index (χ4v) is 2.38. The first-order valence-electron chi connectivity index (χ1n) is 6.98. The number of aliphatic hydroxyl groups is 1. The van der Waals surface area contributed by atoms with E-state index in [9.17, 15) is 5.11 Å². The summed E-state index contributed by atoms with van der Waals surface area (Å²) in [5, 5.41) is 13.1. The van der Waals surface area contributed by atoms with Gasteiger partial charge in [-0.15, -0.1) is 0 Å². The zero-order chi connectivity index (χ0) is 13.5. The van der Waals surface area contributed by atoms with Crippen LogP contribution in [0.25, 0.3) is 0 Å². The van der Waals surface area contributed by atoms with Crippen LogP contribution in [0.2, 0.25) is 0 Å². The SMILES string of the molecule is CC(C)CC(NC(C)CC(C)O)c1ccccc1. The van der Waals surface area contributed by atoms with Crippen molar-refractivity contribution in [1.29, 1.82) is 0 Å². The van der Waals surface area contributed by atoms with Gasteiger partial charge in [-0.3, -0.25) is 0 Å². The molecule has 1 aromatic carbocycles. The van der Waals surface area contributed by atoms with Gasteiger partial charge in [0.15, 0.2) is 0 Å². The van der Waals surface area contributed by atoms with Crippen LogP contribution in [0.4, 0.5) is 0 Å². The normalized spacial score (nSPS) is 16.6. The molecular formula is C16H27NO. The molecule has 0 aliphatic carbocycles. The van der Waals surface area contributed by atoms with Crippen LogP contribution in [0.15, 0.2) is 30.3 Å². The highest BCUT2D eigenvalue weighted by Gasteiger charge is 2.16. The Morgan fingerprint density at radius 2 is 1.61 bits per heavy atom. The van der Waals surface area contributed by atoms with Crippen LogP contribution in [0.5, 0.6) is 0 Å². The number of rotatable bonds is 7. The van der Waals surface area contributed by atoms with Gasteiger partial charge in [0, 0.05) is 12.1 Å². The molecule has 1 rings (SSSR count). The third-order valence-electron chi connectivity index (χ3n) is 3.09. The molecule has 0 spiro atoms. The van der Waals surface area contributed by atoms with Crippen molar-refractivity contribution in [3.05, 3.63) is 35.9 Å². The first-order valence-corrected chi connectivity index (χ1v) is 6.98. The summed E-state index contributed by atoms with van der Waals surface area (Å²) in [6.07, 6.45) is 1.67. The Hall–Kier alpha value is -0.860. The molecule has 0 fully saturated rings. The molecule has 0 radical (unpaired) electrons. The fraction of sp³-hybridized carbons (Fsp3) is 0.625. The molecule has 1 aromatic rings. The Balaban J connectivity index is 2.67. The van der Waals surface area contributed by atoms with E-state index in [4.69, 9.17) is 0 Å². The van der Waals surface area contributed by atoms with E-state index in [0.717, 1.165) is 12.8 Å². The van der Waals surface area contributed by atoms with Crippen LogP contribution in [-0.2, 0) is 0 Å². The number of nitrogens with one attached hydrogen (secondary N) is 1. The van der Waals surface area contributed by atoms with Crippen molar-refractivity contribution in [2.75, 3.05) is 0 Å². The molecule has 0 aromatic heterocycles. The quantitative estimate of drug-likeness (QED) is 0.775. The topological polar surface area (TPSA) is 32.3 Å². The zero-order valence-electron chi connectivity index (χ0n) is 12.1. The van der Waals surface area contributed by atoms with E-state index in [1.165, 1.54) is 5.56 Å². The van der Waals surface area contributed by atoms with Gasteiger partial charge in [0.25, 0.3) is 0 Å². The molecule has 0 saturated carbocycles. The lowest BCUT2D eigenvalue weighted by molar-refractivity contribution is 0.166. The Kier molecular flexibility index (Phi) is 6.37. The fourth-order valence-electron chi connectivity index (χ4n) is 2.38. The highest BCUT2D eigenvalue weighted by atomic mass is 16.3. The summed E-state index contributed by atoms with van der Waals surface area (Å²) in [5.74, 6) is 0.654. The van der Waals surface area contributed by atoms with Gasteiger partial charge in [0.2, 0.25) is 0 Å². The van der Waals surface area contributed by atoms with Gasteiger partial charge < -0.3 is 10.4 Å². The number of hydrogen-bond acceptors (Lipinski definition) is 2. The van der Waals surface area contributed by atoms with Gasteiger partial charge in [0.05, 0.1) is 6.10 Å². The van der Waals surface area contributed by atoms with Gasteiger partial charge in [0.1, 0.15) is 0 Å². The second-order valence-electron chi connectivity index (χ2n) is 5.75. The van der Waals surface area contributed by atoms with Crippen LogP contribution in [-0.4, -0.2) is 17.3 Å². The average Bonchev–Trinajstić information content (AvgIpc) is 2.27. The molecule has 0 aliphatic heterocycles. The van der Waals surface area contributed by atoms with Gasteiger partial charge >= 0.3 is 0 Å². The molecule has 0 bridgehead atoms. The summed E-state index contributed by atoms with van der Waals surface area (Å²) in [7, 11) is 0. The minimum Gasteiger partial charge on any atom is -0.393 e. The Morgan fingerprint density at radius 1 is 1.00 bits per heavy atom. The minimum atomic E-state index is -0.247. The van der Waals surface area contributed by atoms with Crippen LogP contribution in [0.1, 0.15) is 52.1 Å². The van der Waals surface area contributed by atoms with Gasteiger partial charge in [-0.2, -0.15) is 0 Å². The molecule has 2 N–H and O–H groups in total. The predicted octanol–water partition coefficient (Wildman–Crippen LogP) is 3.52. The second kappa shape index (κ2) is 7.55. The van der Waals surface area contributed by atoms with E-state index >= 15 is 0 Å². The third kappa shape index (κ3) is 5.65. The maximum Gasteiger partial charge on any atom is 0.0526 e. The minimum absolute atomic E-state index is 0.247. The summed E-state index contributed by atoms with van der Waals surface area (Å²) in [6.45, 7) is 8.48. The van der Waals surface area contributed by atoms with E-state index in [1.54, 1.807) is 0 Å². The summed E-state index contributed by atoms with van der Waals surface area (Å²) in [5.41, 5.74) is 1.34. The van der Waals surface area contributed by atoms with Crippen LogP contribution in [0, 0.1) is 5.92 Å². The second-order valence-corrected chi connectivity index (χ2v) is 5.75. The van der Waals surface area contributed by atoms with Crippen LogP contribution >= 0.6 is 0 Å². The van der Waals surface area contributed by atoms with Crippen molar-refractivity contribution in [3.8, 4) is 0 Å². The number of aliphatic hydroxyl groups excluding tert-OH is 1. The van der Waals surface area contributed by atoms with Crippen molar-refractivity contribution in [3.63, 3.8) is 0 Å². The van der Waals surface area contributed by atoms with E-state index in [2.05, 4.69) is 56.4 Å². The first-order chi connectivity index (χ1) is 8.49. The summed E-state index contributed by atoms with van der Waals surface area (Å²) >= 11 is 0. The Bertz CT molecular complexity index is 321. The molecule has 102 valence electrons. The molecule has 0 heterocycles. The summed E-state index contributed by atoms with van der Waals surface area (Å²) < 4.78 is 0. The van der Waals surface area contributed by atoms with E-state index in [-0.39, 0.29) is 6.10 Å². The number of benzene rings is 1. The number of hydrogen-bond donors (Lipinski definition) is 2. The highest BCUT2D eigenvalue weighted by molar-refractivity contribution is 5.19. The molecule has 3 atom stereocenters. The Labute approximate surface area is 111 Å². The van der Waals surface area contributed by atoms with Crippen molar-refractivity contribution in [1.82, 2.24) is 5.32 Å². The van der Waals surface area contributed by atoms with Crippen LogP contribution < -0.4 is 5.32 Å². The average molecular weight is 249 g/mol. The summed E-state index contributed by atoms with van der Waals surface area (Å²) in [6, 6.07) is 11.3. The molecule has 2 nitrogen and oxygen atoms in total. The molecule has 2 heteroatoms. The molecule has 3 unspecified atom stereocenters. The van der Waals surface area contributed by atoms with Crippen molar-refractivity contribution < 1.29 is 5.11 Å². The highest BCUT2D eigenvalue weighted by Crippen LogP contribution is 2.22. The third-order valence-corrected chi connectivity index (χ3v) is 3.09. The van der Waals surface area contributed by atoms with E-state index < -0.39 is 0 Å². The molecule has 18 heavy (non-hydrogen) atoms. The van der Waals surface area contributed by atoms with E-state index in [0.29, 0.717) is 18.0 Å². The lowest BCUT2D eigenvalue weighted by Crippen LogP contribution is -2.33. The van der Waals surface area contributed by atoms with E-state index in [1.807, 2.05) is 6.92 Å². The molecular weight excluding hydrogens is 222 g/mol.